The number of rotatable bonds is 3. The molecule has 2 rings (SSSR count). The summed E-state index contributed by atoms with van der Waals surface area (Å²) < 4.78 is 1.67. The van der Waals surface area contributed by atoms with E-state index in [9.17, 15) is 4.79 Å². The highest BCUT2D eigenvalue weighted by molar-refractivity contribution is 9.11. The summed E-state index contributed by atoms with van der Waals surface area (Å²) in [6.07, 6.45) is 0. The molecule has 0 fully saturated rings. The summed E-state index contributed by atoms with van der Waals surface area (Å²) in [5.41, 5.74) is 2.12. The third kappa shape index (κ3) is 4.22. The van der Waals surface area contributed by atoms with E-state index < -0.39 is 0 Å². The van der Waals surface area contributed by atoms with Crippen LogP contribution in [0, 0.1) is 0 Å². The molecule has 110 valence electrons. The fourth-order valence-electron chi connectivity index (χ4n) is 1.88. The van der Waals surface area contributed by atoms with Gasteiger partial charge >= 0.3 is 0 Å². The van der Waals surface area contributed by atoms with Gasteiger partial charge < -0.3 is 10.2 Å². The highest BCUT2D eigenvalue weighted by Crippen LogP contribution is 2.29. The molecule has 6 heteroatoms. The predicted octanol–water partition coefficient (Wildman–Crippen LogP) is 5.18. The number of anilines is 2. The average Bonchev–Trinajstić information content (AvgIpc) is 2.37. The quantitative estimate of drug-likeness (QED) is 0.725. The van der Waals surface area contributed by atoms with Crippen LogP contribution in [0.15, 0.2) is 45.3 Å². The molecule has 0 aliphatic rings. The number of nitrogens with zero attached hydrogens (tertiary/aromatic N) is 1. The van der Waals surface area contributed by atoms with Crippen LogP contribution in [0.5, 0.6) is 0 Å². The van der Waals surface area contributed by atoms with E-state index in [2.05, 4.69) is 37.2 Å². The van der Waals surface area contributed by atoms with Crippen molar-refractivity contribution in [2.75, 3.05) is 24.3 Å². The van der Waals surface area contributed by atoms with Gasteiger partial charge in [0.25, 0.3) is 5.91 Å². The van der Waals surface area contributed by atoms with Crippen molar-refractivity contribution in [2.24, 2.45) is 0 Å². The Hall–Kier alpha value is -1.04. The van der Waals surface area contributed by atoms with Crippen LogP contribution in [0.1, 0.15) is 10.4 Å². The molecule has 0 aliphatic carbocycles. The van der Waals surface area contributed by atoms with E-state index in [4.69, 9.17) is 11.6 Å². The van der Waals surface area contributed by atoms with Crippen LogP contribution in [-0.4, -0.2) is 20.0 Å². The van der Waals surface area contributed by atoms with Crippen LogP contribution in [0.4, 0.5) is 11.4 Å². The molecule has 0 bridgehead atoms. The van der Waals surface area contributed by atoms with Crippen LogP contribution >= 0.6 is 43.5 Å². The van der Waals surface area contributed by atoms with E-state index in [0.717, 1.165) is 14.6 Å². The fraction of sp³-hybridized carbons (Fsp3) is 0.133. The summed E-state index contributed by atoms with van der Waals surface area (Å²) in [7, 11) is 3.82. The summed E-state index contributed by atoms with van der Waals surface area (Å²) in [6.45, 7) is 0. The largest absolute Gasteiger partial charge is 0.376 e. The van der Waals surface area contributed by atoms with E-state index in [1.165, 1.54) is 0 Å². The first-order chi connectivity index (χ1) is 9.86. The minimum Gasteiger partial charge on any atom is -0.376 e. The number of carbonyl (C=O) groups excluding carboxylic acids is 1. The summed E-state index contributed by atoms with van der Waals surface area (Å²) in [6, 6.07) is 10.8. The Morgan fingerprint density at radius 3 is 2.29 bits per heavy atom. The fourth-order valence-corrected chi connectivity index (χ4v) is 3.34. The zero-order valence-electron chi connectivity index (χ0n) is 11.5. The second kappa shape index (κ2) is 6.81. The normalized spacial score (nSPS) is 10.3. The van der Waals surface area contributed by atoms with Crippen molar-refractivity contribution in [3.8, 4) is 0 Å². The van der Waals surface area contributed by atoms with Gasteiger partial charge in [-0.1, -0.05) is 43.5 Å². The van der Waals surface area contributed by atoms with Gasteiger partial charge in [0.1, 0.15) is 0 Å². The van der Waals surface area contributed by atoms with E-state index >= 15 is 0 Å². The smallest absolute Gasteiger partial charge is 0.255 e. The number of hydrogen-bond donors (Lipinski definition) is 1. The summed E-state index contributed by atoms with van der Waals surface area (Å²) in [5.74, 6) is -0.192. The van der Waals surface area contributed by atoms with E-state index in [1.807, 2.05) is 31.1 Å². The number of amides is 1. The maximum Gasteiger partial charge on any atom is 0.255 e. The molecule has 1 amide bonds. The van der Waals surface area contributed by atoms with Crippen molar-refractivity contribution >= 4 is 60.7 Å². The van der Waals surface area contributed by atoms with Gasteiger partial charge in [-0.15, -0.1) is 0 Å². The van der Waals surface area contributed by atoms with Crippen LogP contribution in [0.3, 0.4) is 0 Å². The molecule has 2 aromatic carbocycles. The van der Waals surface area contributed by atoms with Gasteiger partial charge in [0.05, 0.1) is 11.4 Å². The van der Waals surface area contributed by atoms with Gasteiger partial charge in [-0.05, 0) is 36.4 Å². The first kappa shape index (κ1) is 16.3. The van der Waals surface area contributed by atoms with Gasteiger partial charge in [0.15, 0.2) is 0 Å². The SMILES string of the molecule is CN(C)c1ccc(Cl)cc1NC(=O)c1cc(Br)cc(Br)c1. The molecule has 1 N–H and O–H groups in total. The van der Waals surface area contributed by atoms with Crippen molar-refractivity contribution in [3.63, 3.8) is 0 Å². The number of nitrogens with one attached hydrogen (secondary N) is 1. The maximum atomic E-state index is 12.4. The molecule has 0 aromatic heterocycles. The molecule has 0 spiro atoms. The molecule has 0 atom stereocenters. The number of hydrogen-bond acceptors (Lipinski definition) is 2. The van der Waals surface area contributed by atoms with Gasteiger partial charge in [-0.2, -0.15) is 0 Å². The minimum absolute atomic E-state index is 0.192. The van der Waals surface area contributed by atoms with E-state index in [0.29, 0.717) is 16.3 Å². The minimum atomic E-state index is -0.192. The zero-order valence-corrected chi connectivity index (χ0v) is 15.4. The van der Waals surface area contributed by atoms with Gasteiger partial charge in [-0.3, -0.25) is 4.79 Å². The third-order valence-electron chi connectivity index (χ3n) is 2.81. The molecule has 0 unspecified atom stereocenters. The zero-order chi connectivity index (χ0) is 15.6. The molecular weight excluding hydrogens is 419 g/mol. The van der Waals surface area contributed by atoms with Gasteiger partial charge in [0, 0.05) is 33.6 Å². The molecule has 0 heterocycles. The lowest BCUT2D eigenvalue weighted by Crippen LogP contribution is -2.16. The number of benzene rings is 2. The standard InChI is InChI=1S/C15H13Br2ClN2O/c1-20(2)14-4-3-12(18)8-13(14)19-15(21)9-5-10(16)7-11(17)6-9/h3-8H,1-2H3,(H,19,21). The lowest BCUT2D eigenvalue weighted by molar-refractivity contribution is 0.102. The molecule has 0 aliphatic heterocycles. The van der Waals surface area contributed by atoms with Crippen molar-refractivity contribution in [1.29, 1.82) is 0 Å². The van der Waals surface area contributed by atoms with Crippen LogP contribution in [-0.2, 0) is 0 Å². The Kier molecular flexibility index (Phi) is 5.30. The molecule has 21 heavy (non-hydrogen) atoms. The summed E-state index contributed by atoms with van der Waals surface area (Å²) in [5, 5.41) is 3.47. The van der Waals surface area contributed by atoms with Crippen molar-refractivity contribution in [3.05, 3.63) is 55.9 Å². The maximum absolute atomic E-state index is 12.4. The van der Waals surface area contributed by atoms with Gasteiger partial charge in [-0.25, -0.2) is 0 Å². The van der Waals surface area contributed by atoms with Crippen LogP contribution in [0.25, 0.3) is 0 Å². The summed E-state index contributed by atoms with van der Waals surface area (Å²) in [4.78, 5) is 14.3. The Morgan fingerprint density at radius 2 is 1.71 bits per heavy atom. The lowest BCUT2D eigenvalue weighted by Gasteiger charge is -2.18. The van der Waals surface area contributed by atoms with E-state index in [1.54, 1.807) is 24.3 Å². The highest BCUT2D eigenvalue weighted by Gasteiger charge is 2.12. The van der Waals surface area contributed by atoms with Crippen molar-refractivity contribution in [1.82, 2.24) is 0 Å². The Balaban J connectivity index is 2.33. The Bertz CT molecular complexity index is 669. The lowest BCUT2D eigenvalue weighted by atomic mass is 10.2. The summed E-state index contributed by atoms with van der Waals surface area (Å²) >= 11 is 12.8. The molecular formula is C15H13Br2ClN2O. The first-order valence-electron chi connectivity index (χ1n) is 6.11. The molecule has 0 saturated heterocycles. The monoisotopic (exact) mass is 430 g/mol. The second-order valence-corrected chi connectivity index (χ2v) is 6.94. The van der Waals surface area contributed by atoms with Crippen LogP contribution < -0.4 is 10.2 Å². The molecule has 0 radical (unpaired) electrons. The second-order valence-electron chi connectivity index (χ2n) is 4.67. The third-order valence-corrected chi connectivity index (χ3v) is 3.96. The molecule has 2 aromatic rings. The predicted molar refractivity (Wildman–Crippen MR) is 95.6 cm³/mol. The highest BCUT2D eigenvalue weighted by atomic mass is 79.9. The topological polar surface area (TPSA) is 32.3 Å². The van der Waals surface area contributed by atoms with Crippen LogP contribution in [0.2, 0.25) is 5.02 Å². The number of carbonyl (C=O) groups is 1. The van der Waals surface area contributed by atoms with Crippen molar-refractivity contribution < 1.29 is 4.79 Å². The van der Waals surface area contributed by atoms with E-state index in [-0.39, 0.29) is 5.91 Å². The molecule has 3 nitrogen and oxygen atoms in total. The van der Waals surface area contributed by atoms with Gasteiger partial charge in [0.2, 0.25) is 0 Å². The van der Waals surface area contributed by atoms with Crippen molar-refractivity contribution in [2.45, 2.75) is 0 Å². The average molecular weight is 433 g/mol. The Morgan fingerprint density at radius 1 is 1.10 bits per heavy atom. The first-order valence-corrected chi connectivity index (χ1v) is 8.07. The molecule has 0 saturated carbocycles. The number of halogens is 3. The Labute approximate surface area is 145 Å².